The molecule has 0 aromatic carbocycles. The van der Waals surface area contributed by atoms with Gasteiger partial charge in [0.2, 0.25) is 0 Å². The molecule has 0 bridgehead atoms. The van der Waals surface area contributed by atoms with Crippen LogP contribution in [0.2, 0.25) is 0 Å². The molecule has 5 heteroatoms. The third-order valence-electron chi connectivity index (χ3n) is 2.89. The molecule has 0 aliphatic carbocycles. The van der Waals surface area contributed by atoms with Crippen LogP contribution in [0.3, 0.4) is 0 Å². The average molecular weight is 223 g/mol. The molecule has 1 unspecified atom stereocenters. The topological polar surface area (TPSA) is 45.1 Å². The number of hydrogen-bond donors (Lipinski definition) is 0. The SMILES string of the molecule is COC(=O)N1C=CC(CN2CCCC2)C=N1. The molecule has 2 rings (SSSR count). The third kappa shape index (κ3) is 2.61. The zero-order valence-corrected chi connectivity index (χ0v) is 9.50. The van der Waals surface area contributed by atoms with Crippen molar-refractivity contribution in [1.29, 1.82) is 0 Å². The molecule has 5 nitrogen and oxygen atoms in total. The lowest BCUT2D eigenvalue weighted by molar-refractivity contribution is 0.140. The highest BCUT2D eigenvalue weighted by molar-refractivity contribution is 5.73. The van der Waals surface area contributed by atoms with E-state index in [0.717, 1.165) is 6.54 Å². The number of hydrogen-bond acceptors (Lipinski definition) is 4. The molecule has 0 aromatic heterocycles. The second-order valence-corrected chi connectivity index (χ2v) is 4.09. The number of amides is 1. The summed E-state index contributed by atoms with van der Waals surface area (Å²) in [6.07, 6.45) is 7.60. The van der Waals surface area contributed by atoms with Crippen molar-refractivity contribution in [2.75, 3.05) is 26.7 Å². The van der Waals surface area contributed by atoms with Crippen molar-refractivity contribution < 1.29 is 9.53 Å². The van der Waals surface area contributed by atoms with Gasteiger partial charge in [0.25, 0.3) is 0 Å². The van der Waals surface area contributed by atoms with E-state index >= 15 is 0 Å². The maximum absolute atomic E-state index is 11.1. The van der Waals surface area contributed by atoms with E-state index in [1.54, 1.807) is 12.4 Å². The van der Waals surface area contributed by atoms with E-state index in [0.29, 0.717) is 5.92 Å². The zero-order valence-electron chi connectivity index (χ0n) is 9.50. The van der Waals surface area contributed by atoms with E-state index in [1.807, 2.05) is 6.08 Å². The van der Waals surface area contributed by atoms with Crippen LogP contribution < -0.4 is 0 Å². The van der Waals surface area contributed by atoms with Crippen molar-refractivity contribution in [1.82, 2.24) is 9.91 Å². The highest BCUT2D eigenvalue weighted by Crippen LogP contribution is 2.13. The lowest BCUT2D eigenvalue weighted by Crippen LogP contribution is -2.30. The van der Waals surface area contributed by atoms with E-state index in [4.69, 9.17) is 0 Å². The number of carbonyl (C=O) groups is 1. The Labute approximate surface area is 95.3 Å². The summed E-state index contributed by atoms with van der Waals surface area (Å²) in [5.41, 5.74) is 0. The number of nitrogens with zero attached hydrogens (tertiary/aromatic N) is 3. The van der Waals surface area contributed by atoms with Gasteiger partial charge in [-0.3, -0.25) is 0 Å². The molecule has 2 heterocycles. The predicted molar refractivity (Wildman–Crippen MR) is 61.0 cm³/mol. The molecule has 0 radical (unpaired) electrons. The van der Waals surface area contributed by atoms with Gasteiger partial charge in [0.05, 0.1) is 7.11 Å². The lowest BCUT2D eigenvalue weighted by atomic mass is 10.1. The lowest BCUT2D eigenvalue weighted by Gasteiger charge is -2.21. The minimum Gasteiger partial charge on any atom is -0.451 e. The Hall–Kier alpha value is -1.36. The first-order chi connectivity index (χ1) is 7.79. The van der Waals surface area contributed by atoms with Crippen molar-refractivity contribution in [3.8, 4) is 0 Å². The molecule has 1 fully saturated rings. The first-order valence-corrected chi connectivity index (χ1v) is 5.61. The maximum Gasteiger partial charge on any atom is 0.434 e. The van der Waals surface area contributed by atoms with Gasteiger partial charge in [-0.1, -0.05) is 6.08 Å². The normalized spacial score (nSPS) is 25.1. The second kappa shape index (κ2) is 5.12. The van der Waals surface area contributed by atoms with E-state index < -0.39 is 6.09 Å². The van der Waals surface area contributed by atoms with Crippen molar-refractivity contribution >= 4 is 12.3 Å². The summed E-state index contributed by atoms with van der Waals surface area (Å²) in [7, 11) is 1.35. The Morgan fingerprint density at radius 1 is 1.50 bits per heavy atom. The van der Waals surface area contributed by atoms with Gasteiger partial charge in [-0.25, -0.2) is 4.79 Å². The second-order valence-electron chi connectivity index (χ2n) is 4.09. The van der Waals surface area contributed by atoms with Gasteiger partial charge < -0.3 is 9.64 Å². The van der Waals surface area contributed by atoms with Gasteiger partial charge in [-0.05, 0) is 25.9 Å². The van der Waals surface area contributed by atoms with Crippen LogP contribution in [-0.4, -0.2) is 49.0 Å². The van der Waals surface area contributed by atoms with Crippen LogP contribution in [0, 0.1) is 5.92 Å². The Morgan fingerprint density at radius 2 is 2.25 bits per heavy atom. The van der Waals surface area contributed by atoms with Crippen molar-refractivity contribution in [2.45, 2.75) is 12.8 Å². The Morgan fingerprint density at radius 3 is 2.81 bits per heavy atom. The molecule has 1 saturated heterocycles. The molecule has 0 N–H and O–H groups in total. The highest BCUT2D eigenvalue weighted by Gasteiger charge is 2.18. The highest BCUT2D eigenvalue weighted by atomic mass is 16.5. The number of hydrazone groups is 1. The Bertz CT molecular complexity index is 294. The summed E-state index contributed by atoms with van der Waals surface area (Å²) in [4.78, 5) is 13.6. The van der Waals surface area contributed by atoms with Crippen LogP contribution in [-0.2, 0) is 4.74 Å². The Kier molecular flexibility index (Phi) is 3.56. The van der Waals surface area contributed by atoms with Crippen LogP contribution in [0.5, 0.6) is 0 Å². The first-order valence-electron chi connectivity index (χ1n) is 5.61. The fraction of sp³-hybridized carbons (Fsp3) is 0.636. The molecule has 16 heavy (non-hydrogen) atoms. The van der Waals surface area contributed by atoms with E-state index in [9.17, 15) is 4.79 Å². The standard InChI is InChI=1S/C11H17N3O2/c1-16-11(15)14-7-4-10(8-12-14)9-13-5-2-3-6-13/h4,7-8,10H,2-3,5-6,9H2,1H3. The monoisotopic (exact) mass is 223 g/mol. The van der Waals surface area contributed by atoms with Crippen LogP contribution >= 0.6 is 0 Å². The zero-order chi connectivity index (χ0) is 11.4. The van der Waals surface area contributed by atoms with Crippen LogP contribution in [0.25, 0.3) is 0 Å². The maximum atomic E-state index is 11.1. The summed E-state index contributed by atoms with van der Waals surface area (Å²) in [6.45, 7) is 3.35. The smallest absolute Gasteiger partial charge is 0.434 e. The Balaban J connectivity index is 1.83. The van der Waals surface area contributed by atoms with E-state index in [-0.39, 0.29) is 0 Å². The number of methoxy groups -OCH3 is 1. The van der Waals surface area contributed by atoms with Gasteiger partial charge >= 0.3 is 6.09 Å². The summed E-state index contributed by atoms with van der Waals surface area (Å²) >= 11 is 0. The molecule has 2 aliphatic heterocycles. The van der Waals surface area contributed by atoms with Gasteiger partial charge in [-0.15, -0.1) is 0 Å². The molecule has 2 aliphatic rings. The summed E-state index contributed by atoms with van der Waals surface area (Å²) < 4.78 is 4.57. The third-order valence-corrected chi connectivity index (χ3v) is 2.89. The minimum atomic E-state index is -0.452. The van der Waals surface area contributed by atoms with Crippen molar-refractivity contribution in [2.24, 2.45) is 11.0 Å². The van der Waals surface area contributed by atoms with E-state index in [2.05, 4.69) is 14.7 Å². The molecule has 1 amide bonds. The molecule has 0 spiro atoms. The fourth-order valence-electron chi connectivity index (χ4n) is 2.01. The van der Waals surface area contributed by atoms with Crippen LogP contribution in [0.15, 0.2) is 17.4 Å². The summed E-state index contributed by atoms with van der Waals surface area (Å²) in [5, 5.41) is 5.25. The number of likely N-dealkylation sites (tertiary alicyclic amines) is 1. The summed E-state index contributed by atoms with van der Waals surface area (Å²) in [5.74, 6) is 0.305. The fourth-order valence-corrected chi connectivity index (χ4v) is 2.01. The quantitative estimate of drug-likeness (QED) is 0.708. The van der Waals surface area contributed by atoms with Crippen LogP contribution in [0.4, 0.5) is 4.79 Å². The first kappa shape index (κ1) is 11.1. The molecule has 1 atom stereocenters. The van der Waals surface area contributed by atoms with E-state index in [1.165, 1.54) is 38.0 Å². The molecule has 0 saturated carbocycles. The van der Waals surface area contributed by atoms with Gasteiger partial charge in [0.1, 0.15) is 0 Å². The van der Waals surface area contributed by atoms with Gasteiger partial charge in [0, 0.05) is 24.9 Å². The summed E-state index contributed by atoms with van der Waals surface area (Å²) in [6, 6.07) is 0. The van der Waals surface area contributed by atoms with Crippen molar-refractivity contribution in [3.63, 3.8) is 0 Å². The molecular formula is C11H17N3O2. The molecule has 88 valence electrons. The number of rotatable bonds is 2. The molecular weight excluding hydrogens is 206 g/mol. The average Bonchev–Trinajstić information content (AvgIpc) is 2.82. The largest absolute Gasteiger partial charge is 0.451 e. The van der Waals surface area contributed by atoms with Gasteiger partial charge in [0.15, 0.2) is 0 Å². The number of carbonyl (C=O) groups excluding carboxylic acids is 1. The van der Waals surface area contributed by atoms with Gasteiger partial charge in [-0.2, -0.15) is 10.1 Å². The predicted octanol–water partition coefficient (Wildman–Crippen LogP) is 1.28. The van der Waals surface area contributed by atoms with Crippen molar-refractivity contribution in [3.05, 3.63) is 12.3 Å². The van der Waals surface area contributed by atoms with Crippen LogP contribution in [0.1, 0.15) is 12.8 Å². The molecule has 0 aromatic rings. The minimum absolute atomic E-state index is 0.305. The number of ether oxygens (including phenoxy) is 1.